The van der Waals surface area contributed by atoms with Crippen LogP contribution in [0.5, 0.6) is 0 Å². The van der Waals surface area contributed by atoms with E-state index in [4.69, 9.17) is 5.26 Å². The fraction of sp³-hybridized carbons (Fsp3) is 0.462. The second-order valence-corrected chi connectivity index (χ2v) is 9.91. The molecule has 0 radical (unpaired) electrons. The lowest BCUT2D eigenvalue weighted by molar-refractivity contribution is -0.00177. The fourth-order valence-electron chi connectivity index (χ4n) is 4.48. The molecule has 10 heteroatoms. The Kier molecular flexibility index (Phi) is 7.52. The topological polar surface area (TPSA) is 136 Å². The number of pyridine rings is 2. The van der Waals surface area contributed by atoms with Crippen molar-refractivity contribution in [1.29, 1.82) is 5.26 Å². The molecule has 0 spiro atoms. The van der Waals surface area contributed by atoms with E-state index >= 15 is 0 Å². The molecule has 9 nitrogen and oxygen atoms in total. The predicted molar refractivity (Wildman–Crippen MR) is 134 cm³/mol. The second-order valence-electron chi connectivity index (χ2n) is 9.91. The maximum absolute atomic E-state index is 14.2. The van der Waals surface area contributed by atoms with Crippen LogP contribution in [-0.2, 0) is 0 Å². The van der Waals surface area contributed by atoms with Crippen molar-refractivity contribution >= 4 is 22.6 Å². The molecular weight excluding hydrogens is 463 g/mol. The van der Waals surface area contributed by atoms with Crippen LogP contribution in [0.1, 0.15) is 55.5 Å². The van der Waals surface area contributed by atoms with Crippen LogP contribution in [0.25, 0.3) is 16.9 Å². The Morgan fingerprint density at radius 2 is 2.14 bits per heavy atom. The Morgan fingerprint density at radius 1 is 1.33 bits per heavy atom. The smallest absolute Gasteiger partial charge is 0.255 e. The maximum Gasteiger partial charge on any atom is 0.255 e. The fourth-order valence-corrected chi connectivity index (χ4v) is 4.48. The Labute approximate surface area is 209 Å². The highest BCUT2D eigenvalue weighted by molar-refractivity contribution is 5.99. The van der Waals surface area contributed by atoms with Crippen molar-refractivity contribution < 1.29 is 19.4 Å². The number of nitrogens with one attached hydrogen (secondary N) is 2. The van der Waals surface area contributed by atoms with Gasteiger partial charge in [-0.25, -0.2) is 14.4 Å². The number of fused-ring (bicyclic) bond motifs is 1. The molecular formula is C26H31FN6O3. The average molecular weight is 495 g/mol. The number of aliphatic hydroxyl groups is 2. The van der Waals surface area contributed by atoms with Gasteiger partial charge in [0, 0.05) is 42.7 Å². The van der Waals surface area contributed by atoms with Crippen LogP contribution < -0.4 is 10.6 Å². The zero-order valence-corrected chi connectivity index (χ0v) is 20.4. The summed E-state index contributed by atoms with van der Waals surface area (Å²) in [7, 11) is 0. The van der Waals surface area contributed by atoms with Crippen LogP contribution in [0.4, 0.5) is 10.1 Å². The molecule has 0 aliphatic heterocycles. The number of aromatic nitrogens is 3. The Bertz CT molecular complexity index is 1280. The van der Waals surface area contributed by atoms with E-state index in [0.717, 1.165) is 31.1 Å². The number of hydrogen-bond acceptors (Lipinski definition) is 7. The SMILES string of the molecule is CC(C)(O)C(F)CNC(=O)c1cnc(-n2ccc3cc(C#N)cnc32)cc1NC1CCCC(CO)C1. The summed E-state index contributed by atoms with van der Waals surface area (Å²) in [4.78, 5) is 21.9. The van der Waals surface area contributed by atoms with E-state index in [0.29, 0.717) is 22.7 Å². The number of carbonyl (C=O) groups is 1. The van der Waals surface area contributed by atoms with Crippen molar-refractivity contribution in [2.24, 2.45) is 5.92 Å². The molecule has 3 unspecified atom stereocenters. The normalized spacial score (nSPS) is 19.0. The van der Waals surface area contributed by atoms with E-state index in [1.165, 1.54) is 26.2 Å². The van der Waals surface area contributed by atoms with Gasteiger partial charge in [0.25, 0.3) is 5.91 Å². The molecule has 0 bridgehead atoms. The molecule has 4 rings (SSSR count). The highest BCUT2D eigenvalue weighted by atomic mass is 19.1. The van der Waals surface area contributed by atoms with Crippen molar-refractivity contribution in [2.45, 2.75) is 57.3 Å². The minimum Gasteiger partial charge on any atom is -0.396 e. The van der Waals surface area contributed by atoms with Crippen LogP contribution in [-0.4, -0.2) is 61.6 Å². The summed E-state index contributed by atoms with van der Waals surface area (Å²) in [6.45, 7) is 2.48. The van der Waals surface area contributed by atoms with Crippen LogP contribution in [0.15, 0.2) is 36.8 Å². The minimum absolute atomic E-state index is 0.0562. The van der Waals surface area contributed by atoms with Gasteiger partial charge in [-0.05, 0) is 51.2 Å². The number of aliphatic hydroxyl groups excluding tert-OH is 1. The molecule has 0 saturated heterocycles. The van der Waals surface area contributed by atoms with Crippen LogP contribution in [0.2, 0.25) is 0 Å². The minimum atomic E-state index is -1.63. The monoisotopic (exact) mass is 494 g/mol. The molecule has 1 fully saturated rings. The van der Waals surface area contributed by atoms with Crippen molar-refractivity contribution in [1.82, 2.24) is 19.9 Å². The highest BCUT2D eigenvalue weighted by Crippen LogP contribution is 2.29. The van der Waals surface area contributed by atoms with Gasteiger partial charge < -0.3 is 20.8 Å². The summed E-state index contributed by atoms with van der Waals surface area (Å²) in [6.07, 6.45) is 6.68. The molecule has 3 heterocycles. The van der Waals surface area contributed by atoms with E-state index in [2.05, 4.69) is 26.7 Å². The summed E-state index contributed by atoms with van der Waals surface area (Å²) in [5.74, 6) is 0.212. The van der Waals surface area contributed by atoms with Gasteiger partial charge in [-0.15, -0.1) is 0 Å². The number of carbonyl (C=O) groups excluding carboxylic acids is 1. The number of rotatable bonds is 8. The lowest BCUT2D eigenvalue weighted by atomic mass is 9.86. The largest absolute Gasteiger partial charge is 0.396 e. The van der Waals surface area contributed by atoms with E-state index in [1.54, 1.807) is 22.9 Å². The Balaban J connectivity index is 1.66. The molecule has 190 valence electrons. The van der Waals surface area contributed by atoms with Gasteiger partial charge in [-0.3, -0.25) is 9.36 Å². The van der Waals surface area contributed by atoms with Crippen molar-refractivity contribution in [3.05, 3.63) is 47.9 Å². The number of amides is 1. The van der Waals surface area contributed by atoms with Crippen LogP contribution in [0.3, 0.4) is 0 Å². The standard InChI is InChI=1S/C26H31FN6O3/c1-26(2,36)22(27)14-31-25(35)20-13-29-23(10-21(20)32-19-5-3-4-16(9-19)15-34)33-7-6-18-8-17(11-28)12-30-24(18)33/h6-8,10,12-13,16,19,22,34,36H,3-5,9,14-15H2,1-2H3,(H,29,32)(H,31,35). The molecule has 4 N–H and O–H groups in total. The zero-order chi connectivity index (χ0) is 25.9. The number of nitrogens with zero attached hydrogens (tertiary/aromatic N) is 4. The van der Waals surface area contributed by atoms with Gasteiger partial charge in [0.05, 0.1) is 29.0 Å². The summed E-state index contributed by atoms with van der Waals surface area (Å²) >= 11 is 0. The first-order valence-electron chi connectivity index (χ1n) is 12.1. The summed E-state index contributed by atoms with van der Waals surface area (Å²) in [5.41, 5.74) is 0.286. The second kappa shape index (κ2) is 10.6. The third-order valence-electron chi connectivity index (χ3n) is 6.65. The van der Waals surface area contributed by atoms with Crippen LogP contribution in [0, 0.1) is 17.2 Å². The summed E-state index contributed by atoms with van der Waals surface area (Å²) in [5, 5.41) is 35.4. The molecule has 36 heavy (non-hydrogen) atoms. The van der Waals surface area contributed by atoms with E-state index < -0.39 is 17.7 Å². The maximum atomic E-state index is 14.2. The van der Waals surface area contributed by atoms with E-state index in [1.807, 2.05) is 6.07 Å². The van der Waals surface area contributed by atoms with Crippen LogP contribution >= 0.6 is 0 Å². The van der Waals surface area contributed by atoms with Gasteiger partial charge >= 0.3 is 0 Å². The first kappa shape index (κ1) is 25.5. The van der Waals surface area contributed by atoms with Gasteiger partial charge in [-0.2, -0.15) is 5.26 Å². The van der Waals surface area contributed by atoms with Crippen molar-refractivity contribution in [3.8, 4) is 11.9 Å². The number of nitriles is 1. The molecule has 3 aromatic heterocycles. The predicted octanol–water partition coefficient (Wildman–Crippen LogP) is 3.09. The summed E-state index contributed by atoms with van der Waals surface area (Å²) < 4.78 is 16.0. The molecule has 1 aliphatic carbocycles. The number of anilines is 1. The summed E-state index contributed by atoms with van der Waals surface area (Å²) in [6, 6.07) is 7.46. The third kappa shape index (κ3) is 5.64. The molecule has 1 saturated carbocycles. The molecule has 3 atom stereocenters. The van der Waals surface area contributed by atoms with Gasteiger partial charge in [0.15, 0.2) is 0 Å². The number of halogens is 1. The molecule has 1 aliphatic rings. The van der Waals surface area contributed by atoms with Gasteiger partial charge in [-0.1, -0.05) is 6.42 Å². The lowest BCUT2D eigenvalue weighted by Gasteiger charge is -2.30. The first-order valence-corrected chi connectivity index (χ1v) is 12.1. The average Bonchev–Trinajstić information content (AvgIpc) is 3.29. The molecule has 0 aromatic carbocycles. The van der Waals surface area contributed by atoms with Gasteiger partial charge in [0.2, 0.25) is 0 Å². The zero-order valence-electron chi connectivity index (χ0n) is 20.4. The molecule has 3 aromatic rings. The Hall–Kier alpha value is -3.55. The highest BCUT2D eigenvalue weighted by Gasteiger charge is 2.28. The van der Waals surface area contributed by atoms with Crippen molar-refractivity contribution in [3.63, 3.8) is 0 Å². The quantitative estimate of drug-likeness (QED) is 0.378. The Morgan fingerprint density at radius 3 is 2.86 bits per heavy atom. The van der Waals surface area contributed by atoms with E-state index in [9.17, 15) is 19.4 Å². The first-order chi connectivity index (χ1) is 17.2. The number of hydrogen-bond donors (Lipinski definition) is 4. The lowest BCUT2D eigenvalue weighted by Crippen LogP contribution is -2.42. The number of alkyl halides is 1. The molecule has 1 amide bonds. The van der Waals surface area contributed by atoms with Gasteiger partial charge in [0.1, 0.15) is 23.7 Å². The van der Waals surface area contributed by atoms with E-state index in [-0.39, 0.29) is 30.7 Å². The van der Waals surface area contributed by atoms with Crippen molar-refractivity contribution in [2.75, 3.05) is 18.5 Å². The third-order valence-corrected chi connectivity index (χ3v) is 6.65.